The second-order valence-electron chi connectivity index (χ2n) is 7.60. The Labute approximate surface area is 177 Å². The molecule has 3 aromatic rings. The molecule has 6 heteroatoms. The number of hydrogen-bond donors (Lipinski definition) is 1. The molecule has 0 saturated heterocycles. The maximum atomic E-state index is 13.7. The average Bonchev–Trinajstić information content (AvgIpc) is 2.75. The number of sulfonamides is 1. The molecule has 0 amide bonds. The van der Waals surface area contributed by atoms with Gasteiger partial charge in [-0.25, -0.2) is 17.5 Å². The third-order valence-electron chi connectivity index (χ3n) is 5.47. The van der Waals surface area contributed by atoms with Gasteiger partial charge in [0.05, 0.1) is 5.75 Å². The normalized spacial score (nSPS) is 13.8. The van der Waals surface area contributed by atoms with Crippen molar-refractivity contribution in [3.05, 3.63) is 101 Å². The van der Waals surface area contributed by atoms with Gasteiger partial charge in [-0.1, -0.05) is 54.6 Å². The third kappa shape index (κ3) is 5.07. The predicted octanol–water partition coefficient (Wildman–Crippen LogP) is 4.05. The minimum atomic E-state index is -3.58. The van der Waals surface area contributed by atoms with Gasteiger partial charge in [0.1, 0.15) is 5.82 Å². The van der Waals surface area contributed by atoms with E-state index in [1.807, 2.05) is 12.1 Å². The molecule has 0 atom stereocenters. The molecule has 1 aliphatic rings. The van der Waals surface area contributed by atoms with Crippen molar-refractivity contribution in [1.29, 1.82) is 0 Å². The Hall–Kier alpha value is -2.70. The van der Waals surface area contributed by atoms with Crippen LogP contribution in [0.15, 0.2) is 72.8 Å². The molecule has 3 aromatic carbocycles. The lowest BCUT2D eigenvalue weighted by atomic mass is 9.99. The van der Waals surface area contributed by atoms with Crippen LogP contribution in [0, 0.1) is 5.82 Å². The molecule has 0 aliphatic carbocycles. The maximum Gasteiger partial charge on any atom is 0.215 e. The summed E-state index contributed by atoms with van der Waals surface area (Å²) in [6, 6.07) is 22.8. The summed E-state index contributed by atoms with van der Waals surface area (Å²) in [5.41, 5.74) is 5.21. The number of nitrogens with one attached hydrogen (secondary N) is 1. The van der Waals surface area contributed by atoms with Crippen LogP contribution >= 0.6 is 0 Å². The summed E-state index contributed by atoms with van der Waals surface area (Å²) >= 11 is 0. The molecule has 0 aromatic heterocycles. The van der Waals surface area contributed by atoms with Crippen molar-refractivity contribution in [3.63, 3.8) is 0 Å². The lowest BCUT2D eigenvalue weighted by Gasteiger charge is -2.30. The summed E-state index contributed by atoms with van der Waals surface area (Å²) in [6.45, 7) is 2.19. The van der Waals surface area contributed by atoms with E-state index in [1.165, 1.54) is 28.9 Å². The van der Waals surface area contributed by atoms with Crippen molar-refractivity contribution >= 4 is 15.7 Å². The summed E-state index contributed by atoms with van der Waals surface area (Å²) in [6.07, 6.45) is 1.63. The lowest BCUT2D eigenvalue weighted by Crippen LogP contribution is -2.30. The van der Waals surface area contributed by atoms with Crippen molar-refractivity contribution in [1.82, 2.24) is 4.72 Å². The zero-order chi connectivity index (χ0) is 21.0. The number of benzene rings is 3. The first-order valence-electron chi connectivity index (χ1n) is 10.1. The van der Waals surface area contributed by atoms with E-state index in [9.17, 15) is 12.8 Å². The predicted molar refractivity (Wildman–Crippen MR) is 118 cm³/mol. The molecular formula is C24H25FN2O2S. The van der Waals surface area contributed by atoms with E-state index in [0.717, 1.165) is 25.1 Å². The topological polar surface area (TPSA) is 49.4 Å². The molecule has 30 heavy (non-hydrogen) atoms. The number of fused-ring (bicyclic) bond motifs is 1. The zero-order valence-electron chi connectivity index (χ0n) is 16.7. The number of nitrogens with zero attached hydrogens (tertiary/aromatic N) is 1. The monoisotopic (exact) mass is 424 g/mol. The van der Waals surface area contributed by atoms with Crippen LogP contribution in [0.1, 0.15) is 22.3 Å². The number of rotatable bonds is 7. The van der Waals surface area contributed by atoms with E-state index < -0.39 is 15.8 Å². The van der Waals surface area contributed by atoms with Crippen molar-refractivity contribution in [2.45, 2.75) is 25.1 Å². The van der Waals surface area contributed by atoms with E-state index in [1.54, 1.807) is 12.1 Å². The molecule has 1 heterocycles. The molecule has 1 aliphatic heterocycles. The molecule has 0 spiro atoms. The minimum absolute atomic E-state index is 0.178. The maximum absolute atomic E-state index is 13.7. The average molecular weight is 425 g/mol. The third-order valence-corrected chi connectivity index (χ3v) is 6.81. The number of halogens is 1. The van der Waals surface area contributed by atoms with Gasteiger partial charge >= 0.3 is 0 Å². The molecule has 0 unspecified atom stereocenters. The van der Waals surface area contributed by atoms with Crippen LogP contribution in [-0.4, -0.2) is 21.5 Å². The number of hydrogen-bond acceptors (Lipinski definition) is 3. The Morgan fingerprint density at radius 1 is 0.900 bits per heavy atom. The summed E-state index contributed by atoms with van der Waals surface area (Å²) in [7, 11) is -3.58. The highest BCUT2D eigenvalue weighted by Crippen LogP contribution is 2.24. The van der Waals surface area contributed by atoms with Gasteiger partial charge in [0.2, 0.25) is 10.0 Å². The van der Waals surface area contributed by atoms with Crippen LogP contribution in [0.2, 0.25) is 0 Å². The summed E-state index contributed by atoms with van der Waals surface area (Å²) < 4.78 is 40.7. The Morgan fingerprint density at radius 2 is 1.60 bits per heavy atom. The van der Waals surface area contributed by atoms with Crippen LogP contribution in [-0.2, 0) is 35.2 Å². The second kappa shape index (κ2) is 8.98. The van der Waals surface area contributed by atoms with Crippen molar-refractivity contribution < 1.29 is 12.8 Å². The molecule has 4 nitrogen and oxygen atoms in total. The van der Waals surface area contributed by atoms with Gasteiger partial charge in [-0.3, -0.25) is 0 Å². The van der Waals surface area contributed by atoms with Crippen LogP contribution < -0.4 is 9.62 Å². The first-order valence-corrected chi connectivity index (χ1v) is 11.8. The van der Waals surface area contributed by atoms with Crippen LogP contribution in [0.5, 0.6) is 0 Å². The smallest absolute Gasteiger partial charge is 0.215 e. The van der Waals surface area contributed by atoms with Gasteiger partial charge in [-0.2, -0.15) is 0 Å². The highest BCUT2D eigenvalue weighted by atomic mass is 32.2. The first-order chi connectivity index (χ1) is 14.5. The van der Waals surface area contributed by atoms with Crippen molar-refractivity contribution in [3.8, 4) is 0 Å². The largest absolute Gasteiger partial charge is 0.367 e. The Morgan fingerprint density at radius 3 is 2.37 bits per heavy atom. The number of anilines is 1. The second-order valence-corrected chi connectivity index (χ2v) is 9.41. The van der Waals surface area contributed by atoms with E-state index in [-0.39, 0.29) is 17.9 Å². The van der Waals surface area contributed by atoms with Gasteiger partial charge in [0, 0.05) is 30.9 Å². The fourth-order valence-electron chi connectivity index (χ4n) is 3.81. The highest BCUT2D eigenvalue weighted by molar-refractivity contribution is 7.88. The molecule has 0 fully saturated rings. The SMILES string of the molecule is O=S(=O)(Cc1ccccc1F)NCCc1ccc(N2CCc3ccccc3C2)cc1. The molecule has 4 rings (SSSR count). The van der Waals surface area contributed by atoms with Gasteiger partial charge in [-0.15, -0.1) is 0 Å². The Kier molecular flexibility index (Phi) is 6.16. The fourth-order valence-corrected chi connectivity index (χ4v) is 4.97. The lowest BCUT2D eigenvalue weighted by molar-refractivity contribution is 0.574. The van der Waals surface area contributed by atoms with Gasteiger partial charge < -0.3 is 4.90 Å². The van der Waals surface area contributed by atoms with Crippen LogP contribution in [0.4, 0.5) is 10.1 Å². The van der Waals surface area contributed by atoms with Crippen molar-refractivity contribution in [2.75, 3.05) is 18.0 Å². The van der Waals surface area contributed by atoms with Gasteiger partial charge in [-0.05, 0) is 47.7 Å². The molecule has 1 N–H and O–H groups in total. The summed E-state index contributed by atoms with van der Waals surface area (Å²) in [5, 5.41) is 0. The molecule has 0 radical (unpaired) electrons. The molecular weight excluding hydrogens is 399 g/mol. The van der Waals surface area contributed by atoms with E-state index in [0.29, 0.717) is 6.42 Å². The molecule has 156 valence electrons. The van der Waals surface area contributed by atoms with E-state index in [2.05, 4.69) is 46.0 Å². The standard InChI is InChI=1S/C24H25FN2O2S/c25-24-8-4-3-7-22(24)18-30(28,29)26-15-13-19-9-11-23(12-10-19)27-16-14-20-5-1-2-6-21(20)17-27/h1-12,26H,13-18H2. The van der Waals surface area contributed by atoms with E-state index >= 15 is 0 Å². The van der Waals surface area contributed by atoms with Crippen molar-refractivity contribution in [2.24, 2.45) is 0 Å². The Balaban J connectivity index is 1.30. The molecule has 0 saturated carbocycles. The van der Waals surface area contributed by atoms with Crippen LogP contribution in [0.25, 0.3) is 0 Å². The minimum Gasteiger partial charge on any atom is -0.367 e. The first kappa shape index (κ1) is 20.6. The van der Waals surface area contributed by atoms with Crippen LogP contribution in [0.3, 0.4) is 0 Å². The fraction of sp³-hybridized carbons (Fsp3) is 0.250. The van der Waals surface area contributed by atoms with Gasteiger partial charge in [0.15, 0.2) is 0 Å². The summed E-state index contributed by atoms with van der Waals surface area (Å²) in [4.78, 5) is 2.36. The molecule has 0 bridgehead atoms. The zero-order valence-corrected chi connectivity index (χ0v) is 17.5. The Bertz CT molecular complexity index is 1110. The quantitative estimate of drug-likeness (QED) is 0.623. The van der Waals surface area contributed by atoms with Gasteiger partial charge in [0.25, 0.3) is 0 Å². The van der Waals surface area contributed by atoms with E-state index in [4.69, 9.17) is 0 Å². The highest BCUT2D eigenvalue weighted by Gasteiger charge is 2.16. The summed E-state index contributed by atoms with van der Waals surface area (Å²) in [5.74, 6) is -0.853.